The van der Waals surface area contributed by atoms with E-state index >= 15 is 0 Å². The van der Waals surface area contributed by atoms with Gasteiger partial charge in [-0.25, -0.2) is 0 Å². The van der Waals surface area contributed by atoms with E-state index in [1.807, 2.05) is 20.8 Å². The van der Waals surface area contributed by atoms with Gasteiger partial charge in [0.25, 0.3) is 0 Å². The lowest BCUT2D eigenvalue weighted by molar-refractivity contribution is -0.0894. The third-order valence-corrected chi connectivity index (χ3v) is 1.16. The maximum Gasteiger partial charge on any atom is 0.387 e. The molecule has 0 radical (unpaired) electrons. The molecule has 0 amide bonds. The van der Waals surface area contributed by atoms with Crippen LogP contribution in [0.5, 0.6) is 0 Å². The first kappa shape index (κ1) is 12.8. The van der Waals surface area contributed by atoms with Crippen LogP contribution >= 0.6 is 0 Å². The van der Waals surface area contributed by atoms with Crippen molar-refractivity contribution in [1.82, 2.24) is 0 Å². The predicted octanol–water partition coefficient (Wildman–Crippen LogP) is 3.51. The Morgan fingerprint density at radius 2 is 2.07 bits per heavy atom. The maximum absolute atomic E-state index is 11.9. The molecule has 0 atom stereocenters. The van der Waals surface area contributed by atoms with E-state index in [-0.39, 0.29) is 5.76 Å². The molecule has 0 spiro atoms. The van der Waals surface area contributed by atoms with Gasteiger partial charge in [0.2, 0.25) is 0 Å². The SMILES string of the molecule is CC/C=C(/C=NC=C(C)C)OC(F)F. The number of hydrogen-bond acceptors (Lipinski definition) is 2. The van der Waals surface area contributed by atoms with Gasteiger partial charge in [0.05, 0.1) is 6.21 Å². The molecular weight excluding hydrogens is 188 g/mol. The van der Waals surface area contributed by atoms with Crippen molar-refractivity contribution >= 4 is 6.21 Å². The van der Waals surface area contributed by atoms with Crippen LogP contribution in [0.3, 0.4) is 0 Å². The van der Waals surface area contributed by atoms with E-state index in [4.69, 9.17) is 0 Å². The molecule has 0 saturated carbocycles. The van der Waals surface area contributed by atoms with Crippen LogP contribution in [0.1, 0.15) is 27.2 Å². The van der Waals surface area contributed by atoms with Crippen LogP contribution < -0.4 is 0 Å². The van der Waals surface area contributed by atoms with Crippen molar-refractivity contribution in [1.29, 1.82) is 0 Å². The summed E-state index contributed by atoms with van der Waals surface area (Å²) in [6.07, 6.45) is 5.04. The average Bonchev–Trinajstić information content (AvgIpc) is 2.02. The van der Waals surface area contributed by atoms with Gasteiger partial charge < -0.3 is 4.74 Å². The molecule has 0 unspecified atom stereocenters. The van der Waals surface area contributed by atoms with Crippen LogP contribution in [0.4, 0.5) is 8.78 Å². The monoisotopic (exact) mass is 203 g/mol. The summed E-state index contributed by atoms with van der Waals surface area (Å²) in [5.74, 6) is 0.0972. The smallest absolute Gasteiger partial charge is 0.387 e. The van der Waals surface area contributed by atoms with Crippen LogP contribution in [-0.4, -0.2) is 12.8 Å². The van der Waals surface area contributed by atoms with Crippen molar-refractivity contribution in [3.8, 4) is 0 Å². The molecule has 0 rings (SSSR count). The van der Waals surface area contributed by atoms with Crippen LogP contribution in [0.2, 0.25) is 0 Å². The largest absolute Gasteiger partial charge is 0.434 e. The quantitative estimate of drug-likeness (QED) is 0.495. The Labute approximate surface area is 83.0 Å². The number of hydrogen-bond donors (Lipinski definition) is 0. The lowest BCUT2D eigenvalue weighted by atomic mass is 10.4. The summed E-state index contributed by atoms with van der Waals surface area (Å²) in [6.45, 7) is 2.78. The molecule has 0 saturated heterocycles. The zero-order valence-corrected chi connectivity index (χ0v) is 8.63. The highest BCUT2D eigenvalue weighted by Gasteiger charge is 2.03. The molecule has 14 heavy (non-hydrogen) atoms. The fourth-order valence-electron chi connectivity index (χ4n) is 0.695. The van der Waals surface area contributed by atoms with E-state index in [1.54, 1.807) is 12.3 Å². The maximum atomic E-state index is 11.9. The molecule has 2 nitrogen and oxygen atoms in total. The molecule has 0 aliphatic rings. The minimum absolute atomic E-state index is 0.0972. The Kier molecular flexibility index (Phi) is 6.62. The van der Waals surface area contributed by atoms with Gasteiger partial charge in [-0.05, 0) is 26.3 Å². The lowest BCUT2D eigenvalue weighted by Gasteiger charge is -2.03. The molecule has 80 valence electrons. The summed E-state index contributed by atoms with van der Waals surface area (Å²) in [4.78, 5) is 3.83. The Balaban J connectivity index is 4.31. The zero-order chi connectivity index (χ0) is 11.0. The van der Waals surface area contributed by atoms with Gasteiger partial charge in [-0.2, -0.15) is 8.78 Å². The second kappa shape index (κ2) is 7.24. The number of allylic oxidation sites excluding steroid dienone is 3. The molecule has 4 heteroatoms. The highest BCUT2D eigenvalue weighted by atomic mass is 19.3. The van der Waals surface area contributed by atoms with E-state index in [1.165, 1.54) is 6.21 Å². The van der Waals surface area contributed by atoms with Crippen molar-refractivity contribution < 1.29 is 13.5 Å². The predicted molar refractivity (Wildman–Crippen MR) is 53.4 cm³/mol. The first-order valence-electron chi connectivity index (χ1n) is 4.37. The summed E-state index contributed by atoms with van der Waals surface area (Å²) in [6, 6.07) is 0. The molecule has 0 bridgehead atoms. The molecule has 0 aromatic rings. The van der Waals surface area contributed by atoms with E-state index in [0.717, 1.165) is 5.57 Å². The second-order valence-electron chi connectivity index (χ2n) is 2.88. The summed E-state index contributed by atoms with van der Waals surface area (Å²) in [7, 11) is 0. The normalized spacial score (nSPS) is 12.3. The van der Waals surface area contributed by atoms with Gasteiger partial charge in [-0.1, -0.05) is 12.5 Å². The molecule has 0 aromatic heterocycles. The second-order valence-corrected chi connectivity index (χ2v) is 2.88. The summed E-state index contributed by atoms with van der Waals surface area (Å²) in [5.41, 5.74) is 0.995. The van der Waals surface area contributed by atoms with Gasteiger partial charge in [0.15, 0.2) is 0 Å². The topological polar surface area (TPSA) is 21.6 Å². The van der Waals surface area contributed by atoms with Gasteiger partial charge >= 0.3 is 6.61 Å². The van der Waals surface area contributed by atoms with Crippen molar-refractivity contribution in [3.63, 3.8) is 0 Å². The number of ether oxygens (including phenoxy) is 1. The van der Waals surface area contributed by atoms with Gasteiger partial charge in [-0.15, -0.1) is 0 Å². The number of halogens is 2. The Morgan fingerprint density at radius 3 is 2.50 bits per heavy atom. The van der Waals surface area contributed by atoms with E-state index in [9.17, 15) is 8.78 Å². The van der Waals surface area contributed by atoms with Gasteiger partial charge in [0.1, 0.15) is 5.76 Å². The average molecular weight is 203 g/mol. The van der Waals surface area contributed by atoms with Crippen molar-refractivity contribution in [3.05, 3.63) is 23.6 Å². The van der Waals surface area contributed by atoms with Crippen LogP contribution in [0, 0.1) is 0 Å². The number of alkyl halides is 2. The van der Waals surface area contributed by atoms with Crippen molar-refractivity contribution in [2.75, 3.05) is 0 Å². The van der Waals surface area contributed by atoms with Crippen molar-refractivity contribution in [2.24, 2.45) is 4.99 Å². The molecule has 0 heterocycles. The minimum atomic E-state index is -2.80. The number of nitrogens with zero attached hydrogens (tertiary/aromatic N) is 1. The van der Waals surface area contributed by atoms with Gasteiger partial charge in [0, 0.05) is 6.20 Å². The zero-order valence-electron chi connectivity index (χ0n) is 8.63. The molecule has 0 aromatic carbocycles. The Bertz CT molecular complexity index is 241. The Morgan fingerprint density at radius 1 is 1.43 bits per heavy atom. The van der Waals surface area contributed by atoms with E-state index < -0.39 is 6.61 Å². The van der Waals surface area contributed by atoms with Crippen LogP contribution in [0.25, 0.3) is 0 Å². The summed E-state index contributed by atoms with van der Waals surface area (Å²) >= 11 is 0. The summed E-state index contributed by atoms with van der Waals surface area (Å²) in [5, 5.41) is 0. The first-order chi connectivity index (χ1) is 6.56. The van der Waals surface area contributed by atoms with Crippen LogP contribution in [0.15, 0.2) is 28.6 Å². The Hall–Kier alpha value is -1.19. The van der Waals surface area contributed by atoms with E-state index in [0.29, 0.717) is 6.42 Å². The van der Waals surface area contributed by atoms with Gasteiger partial charge in [-0.3, -0.25) is 4.99 Å². The third-order valence-electron chi connectivity index (χ3n) is 1.16. The summed E-state index contributed by atoms with van der Waals surface area (Å²) < 4.78 is 27.9. The van der Waals surface area contributed by atoms with Crippen molar-refractivity contribution in [2.45, 2.75) is 33.8 Å². The third kappa shape index (κ3) is 7.46. The fourth-order valence-corrected chi connectivity index (χ4v) is 0.695. The highest BCUT2D eigenvalue weighted by molar-refractivity contribution is 5.76. The minimum Gasteiger partial charge on any atom is -0.434 e. The van der Waals surface area contributed by atoms with Crippen LogP contribution in [-0.2, 0) is 4.74 Å². The van der Waals surface area contributed by atoms with E-state index in [2.05, 4.69) is 9.73 Å². The lowest BCUT2D eigenvalue weighted by Crippen LogP contribution is -2.00. The fraction of sp³-hybridized carbons (Fsp3) is 0.500. The number of rotatable bonds is 5. The standard InChI is InChI=1S/C10H15F2NO/c1-4-5-9(14-10(11)12)7-13-6-8(2)3/h5-7,10H,4H2,1-3H3/b9-5-,13-7?. The highest BCUT2D eigenvalue weighted by Crippen LogP contribution is 2.04. The molecule has 0 N–H and O–H groups in total. The molecule has 0 aliphatic heterocycles. The first-order valence-corrected chi connectivity index (χ1v) is 4.37. The number of aliphatic imine (C=N–C) groups is 1. The molecule has 0 fully saturated rings. The molecular formula is C10H15F2NO. The molecule has 0 aliphatic carbocycles.